The molecular weight excluding hydrogens is 222 g/mol. The van der Waals surface area contributed by atoms with Crippen LogP contribution in [0.15, 0.2) is 24.4 Å². The van der Waals surface area contributed by atoms with E-state index in [1.54, 1.807) is 0 Å². The van der Waals surface area contributed by atoms with Gasteiger partial charge in [0.1, 0.15) is 0 Å². The van der Waals surface area contributed by atoms with Crippen LogP contribution in [-0.4, -0.2) is 16.3 Å². The number of hydrogen-bond donors (Lipinski definition) is 1. The molecular formula is C13H16ClNO. The molecule has 0 saturated carbocycles. The molecule has 1 aromatic carbocycles. The highest BCUT2D eigenvalue weighted by atomic mass is 35.5. The number of aromatic nitrogens is 1. The zero-order valence-corrected chi connectivity index (χ0v) is 10.3. The Morgan fingerprint density at radius 2 is 2.19 bits per heavy atom. The Hall–Kier alpha value is -0.990. The smallest absolute Gasteiger partial charge is 0.0498 e. The number of fused-ring (bicyclic) bond motifs is 1. The summed E-state index contributed by atoms with van der Waals surface area (Å²) in [6, 6.07) is 5.91. The fourth-order valence-corrected chi connectivity index (χ4v) is 2.21. The van der Waals surface area contributed by atoms with Crippen LogP contribution in [0.4, 0.5) is 0 Å². The molecule has 3 heteroatoms. The molecule has 1 atom stereocenters. The van der Waals surface area contributed by atoms with Crippen LogP contribution in [0, 0.1) is 0 Å². The SMILES string of the molecule is CCn1cc(C(C)CO)c2ccc(Cl)cc21. The first-order valence-electron chi connectivity index (χ1n) is 5.56. The number of nitrogens with zero attached hydrogens (tertiary/aromatic N) is 1. The number of aliphatic hydroxyl groups excluding tert-OH is 1. The molecule has 16 heavy (non-hydrogen) atoms. The van der Waals surface area contributed by atoms with Crippen molar-refractivity contribution in [1.82, 2.24) is 4.57 Å². The number of aliphatic hydroxyl groups is 1. The first-order chi connectivity index (χ1) is 7.67. The van der Waals surface area contributed by atoms with Crippen LogP contribution in [0.3, 0.4) is 0 Å². The van der Waals surface area contributed by atoms with E-state index in [0.29, 0.717) is 0 Å². The van der Waals surface area contributed by atoms with E-state index in [2.05, 4.69) is 17.7 Å². The molecule has 86 valence electrons. The van der Waals surface area contributed by atoms with Gasteiger partial charge in [0.25, 0.3) is 0 Å². The van der Waals surface area contributed by atoms with Crippen LogP contribution in [0.5, 0.6) is 0 Å². The van der Waals surface area contributed by atoms with E-state index in [0.717, 1.165) is 17.1 Å². The standard InChI is InChI=1S/C13H16ClNO/c1-3-15-7-12(9(2)8-16)11-5-4-10(14)6-13(11)15/h4-7,9,16H,3,8H2,1-2H3. The molecule has 0 saturated heterocycles. The van der Waals surface area contributed by atoms with E-state index in [4.69, 9.17) is 11.6 Å². The Morgan fingerprint density at radius 3 is 2.81 bits per heavy atom. The number of halogens is 1. The summed E-state index contributed by atoms with van der Waals surface area (Å²) >= 11 is 6.01. The van der Waals surface area contributed by atoms with Crippen molar-refractivity contribution in [1.29, 1.82) is 0 Å². The van der Waals surface area contributed by atoms with Gasteiger partial charge in [-0.05, 0) is 24.6 Å². The first kappa shape index (κ1) is 11.5. The lowest BCUT2D eigenvalue weighted by atomic mass is 10.0. The monoisotopic (exact) mass is 237 g/mol. The van der Waals surface area contributed by atoms with Crippen molar-refractivity contribution < 1.29 is 5.11 Å². The Balaban J connectivity index is 2.67. The highest BCUT2D eigenvalue weighted by Gasteiger charge is 2.13. The average Bonchev–Trinajstić information content (AvgIpc) is 2.66. The molecule has 0 aliphatic heterocycles. The predicted molar refractivity (Wildman–Crippen MR) is 68.1 cm³/mol. The minimum absolute atomic E-state index is 0.163. The highest BCUT2D eigenvalue weighted by molar-refractivity contribution is 6.31. The van der Waals surface area contributed by atoms with Gasteiger partial charge in [-0.15, -0.1) is 0 Å². The maximum Gasteiger partial charge on any atom is 0.0498 e. The van der Waals surface area contributed by atoms with Gasteiger partial charge in [-0.2, -0.15) is 0 Å². The summed E-state index contributed by atoms with van der Waals surface area (Å²) in [6.45, 7) is 5.22. The fourth-order valence-electron chi connectivity index (χ4n) is 2.05. The molecule has 2 rings (SSSR count). The normalized spacial score (nSPS) is 13.2. The largest absolute Gasteiger partial charge is 0.396 e. The van der Waals surface area contributed by atoms with E-state index in [9.17, 15) is 5.11 Å². The summed E-state index contributed by atoms with van der Waals surface area (Å²) in [6.07, 6.45) is 2.11. The van der Waals surface area contributed by atoms with Crippen molar-refractivity contribution in [3.05, 3.63) is 35.0 Å². The average molecular weight is 238 g/mol. The van der Waals surface area contributed by atoms with E-state index in [1.807, 2.05) is 25.1 Å². The van der Waals surface area contributed by atoms with Crippen LogP contribution < -0.4 is 0 Å². The van der Waals surface area contributed by atoms with Crippen LogP contribution in [0.1, 0.15) is 25.3 Å². The van der Waals surface area contributed by atoms with Gasteiger partial charge < -0.3 is 9.67 Å². The minimum atomic E-state index is 0.163. The van der Waals surface area contributed by atoms with E-state index >= 15 is 0 Å². The topological polar surface area (TPSA) is 25.2 Å². The lowest BCUT2D eigenvalue weighted by Gasteiger charge is -2.05. The summed E-state index contributed by atoms with van der Waals surface area (Å²) in [7, 11) is 0. The van der Waals surface area contributed by atoms with Crippen molar-refractivity contribution in [3.8, 4) is 0 Å². The van der Waals surface area contributed by atoms with Crippen molar-refractivity contribution in [2.75, 3.05) is 6.61 Å². The van der Waals surface area contributed by atoms with Gasteiger partial charge in [-0.25, -0.2) is 0 Å². The van der Waals surface area contributed by atoms with Gasteiger partial charge in [-0.3, -0.25) is 0 Å². The maximum absolute atomic E-state index is 9.25. The van der Waals surface area contributed by atoms with Crippen molar-refractivity contribution in [2.45, 2.75) is 26.3 Å². The molecule has 0 bridgehead atoms. The molecule has 0 amide bonds. The summed E-state index contributed by atoms with van der Waals surface area (Å²) in [5.74, 6) is 0.163. The summed E-state index contributed by atoms with van der Waals surface area (Å²) in [5.41, 5.74) is 2.33. The number of benzene rings is 1. The van der Waals surface area contributed by atoms with Gasteiger partial charge in [0, 0.05) is 41.2 Å². The van der Waals surface area contributed by atoms with Crippen LogP contribution in [-0.2, 0) is 6.54 Å². The van der Waals surface area contributed by atoms with Gasteiger partial charge in [0.05, 0.1) is 0 Å². The van der Waals surface area contributed by atoms with Gasteiger partial charge in [0.15, 0.2) is 0 Å². The molecule has 2 aromatic rings. The van der Waals surface area contributed by atoms with Crippen molar-refractivity contribution in [2.24, 2.45) is 0 Å². The lowest BCUT2D eigenvalue weighted by molar-refractivity contribution is 0.273. The molecule has 0 aliphatic carbocycles. The Labute approximate surface area is 100 Å². The Kier molecular flexibility index (Phi) is 3.22. The van der Waals surface area contributed by atoms with Gasteiger partial charge in [-0.1, -0.05) is 24.6 Å². The molecule has 1 N–H and O–H groups in total. The molecule has 0 radical (unpaired) electrons. The first-order valence-corrected chi connectivity index (χ1v) is 5.94. The summed E-state index contributed by atoms with van der Waals surface area (Å²) in [5, 5.41) is 11.2. The molecule has 1 aromatic heterocycles. The second-order valence-electron chi connectivity index (χ2n) is 4.12. The summed E-state index contributed by atoms with van der Waals surface area (Å²) in [4.78, 5) is 0. The van der Waals surface area contributed by atoms with Gasteiger partial charge in [0.2, 0.25) is 0 Å². The second-order valence-corrected chi connectivity index (χ2v) is 4.55. The number of aryl methyl sites for hydroxylation is 1. The van der Waals surface area contributed by atoms with E-state index < -0.39 is 0 Å². The molecule has 2 nitrogen and oxygen atoms in total. The molecule has 0 fully saturated rings. The predicted octanol–water partition coefficient (Wildman–Crippen LogP) is 3.41. The van der Waals surface area contributed by atoms with E-state index in [-0.39, 0.29) is 12.5 Å². The fraction of sp³-hybridized carbons (Fsp3) is 0.385. The molecule has 0 spiro atoms. The lowest BCUT2D eigenvalue weighted by Crippen LogP contribution is -1.97. The quantitative estimate of drug-likeness (QED) is 0.870. The molecule has 0 aliphatic rings. The molecule has 1 heterocycles. The van der Waals surface area contributed by atoms with E-state index in [1.165, 1.54) is 10.9 Å². The number of rotatable bonds is 3. The minimum Gasteiger partial charge on any atom is -0.396 e. The Bertz CT molecular complexity index is 504. The number of hydrogen-bond acceptors (Lipinski definition) is 1. The third kappa shape index (κ3) is 1.83. The van der Waals surface area contributed by atoms with Crippen LogP contribution in [0.2, 0.25) is 5.02 Å². The van der Waals surface area contributed by atoms with Crippen LogP contribution >= 0.6 is 11.6 Å². The zero-order chi connectivity index (χ0) is 11.7. The third-order valence-electron chi connectivity index (χ3n) is 3.02. The second kappa shape index (κ2) is 4.48. The zero-order valence-electron chi connectivity index (χ0n) is 9.57. The van der Waals surface area contributed by atoms with Gasteiger partial charge >= 0.3 is 0 Å². The van der Waals surface area contributed by atoms with Crippen LogP contribution in [0.25, 0.3) is 10.9 Å². The van der Waals surface area contributed by atoms with Crippen molar-refractivity contribution in [3.63, 3.8) is 0 Å². The Morgan fingerprint density at radius 1 is 1.44 bits per heavy atom. The highest BCUT2D eigenvalue weighted by Crippen LogP contribution is 2.29. The summed E-state index contributed by atoms with van der Waals surface area (Å²) < 4.78 is 2.17. The maximum atomic E-state index is 9.25. The van der Waals surface area contributed by atoms with Crippen molar-refractivity contribution >= 4 is 22.5 Å². The molecule has 1 unspecified atom stereocenters. The third-order valence-corrected chi connectivity index (χ3v) is 3.26.